The minimum absolute atomic E-state index is 0.433. The van der Waals surface area contributed by atoms with E-state index in [1.165, 1.54) is 23.5 Å². The average molecular weight is 234 g/mol. The number of rotatable bonds is 2. The van der Waals surface area contributed by atoms with Crippen molar-refractivity contribution in [3.05, 3.63) is 9.81 Å². The summed E-state index contributed by atoms with van der Waals surface area (Å²) in [7, 11) is 0. The van der Waals surface area contributed by atoms with Crippen molar-refractivity contribution in [2.24, 2.45) is 0 Å². The van der Waals surface area contributed by atoms with E-state index >= 15 is 0 Å². The van der Waals surface area contributed by atoms with Crippen molar-refractivity contribution < 1.29 is 19.8 Å². The molecule has 14 heavy (non-hydrogen) atoms. The molecule has 0 aromatic carbocycles. The quantitative estimate of drug-likeness (QED) is 0.429. The molecule has 0 aliphatic carbocycles. The lowest BCUT2D eigenvalue weighted by atomic mass is 10.3. The molecule has 1 aliphatic rings. The Labute approximate surface area is 89.8 Å². The Morgan fingerprint density at radius 2 is 1.43 bits per heavy atom. The summed E-state index contributed by atoms with van der Waals surface area (Å²) in [4.78, 5) is 21.4. The zero-order valence-corrected chi connectivity index (χ0v) is 8.99. The fourth-order valence-corrected chi connectivity index (χ4v) is 3.52. The van der Waals surface area contributed by atoms with E-state index in [-0.39, 0.29) is 0 Å². The van der Waals surface area contributed by atoms with Crippen LogP contribution in [0, 0.1) is 0 Å². The molecule has 0 spiro atoms. The summed E-state index contributed by atoms with van der Waals surface area (Å²) in [5, 5.41) is 17.4. The van der Waals surface area contributed by atoms with E-state index in [0.29, 0.717) is 4.24 Å². The summed E-state index contributed by atoms with van der Waals surface area (Å²) < 4.78 is 0.433. The van der Waals surface area contributed by atoms with E-state index in [1.54, 1.807) is 0 Å². The predicted octanol–water partition coefficient (Wildman–Crippen LogP) is 1.63. The minimum Gasteiger partial charge on any atom is -0.477 e. The summed E-state index contributed by atoms with van der Waals surface area (Å²) in [6.45, 7) is 0. The highest BCUT2D eigenvalue weighted by Crippen LogP contribution is 2.36. The molecule has 0 radical (unpaired) electrons. The second kappa shape index (κ2) is 5.31. The molecule has 0 bridgehead atoms. The molecule has 1 aliphatic heterocycles. The van der Waals surface area contributed by atoms with Gasteiger partial charge in [0.25, 0.3) is 0 Å². The maximum absolute atomic E-state index is 10.7. The van der Waals surface area contributed by atoms with Gasteiger partial charge in [0, 0.05) is 0 Å². The van der Waals surface area contributed by atoms with Crippen LogP contribution in [-0.2, 0) is 9.59 Å². The van der Waals surface area contributed by atoms with Gasteiger partial charge >= 0.3 is 11.9 Å². The van der Waals surface area contributed by atoms with Crippen LogP contribution in [-0.4, -0.2) is 33.7 Å². The Kier molecular flexibility index (Phi) is 4.34. The normalized spacial score (nSPS) is 17.3. The molecule has 6 heteroatoms. The van der Waals surface area contributed by atoms with Gasteiger partial charge < -0.3 is 10.2 Å². The Balaban J connectivity index is 2.94. The Bertz CT molecular complexity index is 259. The molecule has 0 saturated carbocycles. The number of carboxylic acids is 2. The zero-order chi connectivity index (χ0) is 10.6. The van der Waals surface area contributed by atoms with Gasteiger partial charge in [0.15, 0.2) is 5.57 Å². The smallest absolute Gasteiger partial charge is 0.344 e. The van der Waals surface area contributed by atoms with Gasteiger partial charge in [-0.1, -0.05) is 0 Å². The summed E-state index contributed by atoms with van der Waals surface area (Å²) in [6.07, 6.45) is 2.02. The van der Waals surface area contributed by atoms with E-state index in [1.807, 2.05) is 0 Å². The fourth-order valence-electron chi connectivity index (χ4n) is 0.986. The van der Waals surface area contributed by atoms with E-state index in [0.717, 1.165) is 24.3 Å². The molecule has 1 rings (SSSR count). The summed E-state index contributed by atoms with van der Waals surface area (Å²) >= 11 is 2.66. The molecule has 78 valence electrons. The number of carboxylic acid groups (broad SMARTS) is 2. The molecule has 0 aromatic heterocycles. The molecule has 0 amide bonds. The van der Waals surface area contributed by atoms with Crippen molar-refractivity contribution in [2.45, 2.75) is 12.8 Å². The van der Waals surface area contributed by atoms with Crippen LogP contribution in [0.25, 0.3) is 0 Å². The molecule has 0 aromatic rings. The molecule has 1 heterocycles. The highest BCUT2D eigenvalue weighted by molar-refractivity contribution is 8.22. The third kappa shape index (κ3) is 2.95. The van der Waals surface area contributed by atoms with Crippen molar-refractivity contribution in [2.75, 3.05) is 11.5 Å². The van der Waals surface area contributed by atoms with Crippen LogP contribution in [0.5, 0.6) is 0 Å². The molecule has 4 nitrogen and oxygen atoms in total. The molecule has 0 unspecified atom stereocenters. The van der Waals surface area contributed by atoms with Gasteiger partial charge in [-0.05, 0) is 24.3 Å². The van der Waals surface area contributed by atoms with E-state index in [4.69, 9.17) is 10.2 Å². The second-order valence-electron chi connectivity index (χ2n) is 2.68. The molecular formula is C8H10O4S2. The van der Waals surface area contributed by atoms with Crippen molar-refractivity contribution in [1.29, 1.82) is 0 Å². The Morgan fingerprint density at radius 3 is 1.79 bits per heavy atom. The van der Waals surface area contributed by atoms with Crippen LogP contribution < -0.4 is 0 Å². The second-order valence-corrected chi connectivity index (χ2v) is 5.15. The predicted molar refractivity (Wildman–Crippen MR) is 56.4 cm³/mol. The van der Waals surface area contributed by atoms with Crippen molar-refractivity contribution >= 4 is 35.5 Å². The standard InChI is InChI=1S/C8H10O4S2/c9-6(10)5(7(11)12)8-13-3-1-2-4-14-8/h1-4H2,(H,9,10)(H,11,12). The minimum atomic E-state index is -1.35. The summed E-state index contributed by atoms with van der Waals surface area (Å²) in [5.41, 5.74) is -0.484. The molecule has 0 atom stereocenters. The van der Waals surface area contributed by atoms with Gasteiger partial charge in [0.2, 0.25) is 0 Å². The van der Waals surface area contributed by atoms with E-state index < -0.39 is 17.5 Å². The SMILES string of the molecule is O=C(O)C(C(=O)O)=C1SCCCCS1. The maximum atomic E-state index is 10.7. The monoisotopic (exact) mass is 234 g/mol. The highest BCUT2D eigenvalue weighted by atomic mass is 32.2. The number of thioether (sulfide) groups is 2. The van der Waals surface area contributed by atoms with Crippen LogP contribution in [0.1, 0.15) is 12.8 Å². The van der Waals surface area contributed by atoms with Crippen LogP contribution in [0.4, 0.5) is 0 Å². The van der Waals surface area contributed by atoms with Crippen LogP contribution in [0.15, 0.2) is 9.81 Å². The third-order valence-corrected chi connectivity index (χ3v) is 4.26. The van der Waals surface area contributed by atoms with Crippen LogP contribution in [0.3, 0.4) is 0 Å². The lowest BCUT2D eigenvalue weighted by Gasteiger charge is -2.04. The summed E-state index contributed by atoms with van der Waals surface area (Å²) in [5.74, 6) is -1.11. The van der Waals surface area contributed by atoms with Gasteiger partial charge in [-0.15, -0.1) is 23.5 Å². The zero-order valence-electron chi connectivity index (χ0n) is 7.36. The molecular weight excluding hydrogens is 224 g/mol. The van der Waals surface area contributed by atoms with Gasteiger partial charge in [-0.2, -0.15) is 0 Å². The van der Waals surface area contributed by atoms with Crippen LogP contribution in [0.2, 0.25) is 0 Å². The average Bonchev–Trinajstić information content (AvgIpc) is 2.31. The van der Waals surface area contributed by atoms with E-state index in [9.17, 15) is 9.59 Å². The fraction of sp³-hybridized carbons (Fsp3) is 0.500. The van der Waals surface area contributed by atoms with Crippen molar-refractivity contribution in [3.63, 3.8) is 0 Å². The first kappa shape index (κ1) is 11.5. The van der Waals surface area contributed by atoms with Crippen molar-refractivity contribution in [1.82, 2.24) is 0 Å². The number of carbonyl (C=O) groups is 2. The molecule has 2 N–H and O–H groups in total. The maximum Gasteiger partial charge on any atom is 0.344 e. The largest absolute Gasteiger partial charge is 0.477 e. The van der Waals surface area contributed by atoms with Gasteiger partial charge in [-0.25, -0.2) is 9.59 Å². The van der Waals surface area contributed by atoms with Crippen molar-refractivity contribution in [3.8, 4) is 0 Å². The van der Waals surface area contributed by atoms with Gasteiger partial charge in [0.05, 0.1) is 4.24 Å². The van der Waals surface area contributed by atoms with Gasteiger partial charge in [0.1, 0.15) is 0 Å². The Hall–Kier alpha value is -0.620. The Morgan fingerprint density at radius 1 is 1.00 bits per heavy atom. The first-order valence-corrected chi connectivity index (χ1v) is 6.06. The van der Waals surface area contributed by atoms with E-state index in [2.05, 4.69) is 0 Å². The molecule has 1 fully saturated rings. The first-order valence-electron chi connectivity index (χ1n) is 4.09. The lowest BCUT2D eigenvalue weighted by Crippen LogP contribution is -2.12. The third-order valence-electron chi connectivity index (χ3n) is 1.64. The summed E-state index contributed by atoms with van der Waals surface area (Å²) in [6, 6.07) is 0. The first-order chi connectivity index (χ1) is 6.63. The van der Waals surface area contributed by atoms with Gasteiger partial charge in [-0.3, -0.25) is 0 Å². The number of hydrogen-bond acceptors (Lipinski definition) is 4. The molecule has 1 saturated heterocycles. The topological polar surface area (TPSA) is 74.6 Å². The lowest BCUT2D eigenvalue weighted by molar-refractivity contribution is -0.140. The number of hydrogen-bond donors (Lipinski definition) is 2. The van der Waals surface area contributed by atoms with Crippen LogP contribution >= 0.6 is 23.5 Å². The number of aliphatic carboxylic acids is 2. The highest BCUT2D eigenvalue weighted by Gasteiger charge is 2.23.